The van der Waals surface area contributed by atoms with Crippen molar-refractivity contribution in [3.8, 4) is 0 Å². The summed E-state index contributed by atoms with van der Waals surface area (Å²) in [5, 5.41) is 10.8. The van der Waals surface area contributed by atoms with Crippen LogP contribution in [0.3, 0.4) is 0 Å². The molecule has 2 atom stereocenters. The molecule has 0 aromatic heterocycles. The van der Waals surface area contributed by atoms with E-state index in [1.807, 2.05) is 6.07 Å². The third-order valence-electron chi connectivity index (χ3n) is 4.37. The Balaban J connectivity index is 1.99. The van der Waals surface area contributed by atoms with E-state index in [9.17, 15) is 9.50 Å². The molecule has 2 fully saturated rings. The number of benzene rings is 1. The van der Waals surface area contributed by atoms with Gasteiger partial charge >= 0.3 is 0 Å². The van der Waals surface area contributed by atoms with Crippen LogP contribution in [0.15, 0.2) is 18.2 Å². The molecule has 1 N–H and O–H groups in total. The van der Waals surface area contributed by atoms with Crippen LogP contribution in [0, 0.1) is 12.7 Å². The molecule has 2 aliphatic rings. The van der Waals surface area contributed by atoms with Gasteiger partial charge in [-0.3, -0.25) is 4.90 Å². The van der Waals surface area contributed by atoms with Crippen molar-refractivity contribution in [3.05, 3.63) is 35.1 Å². The Labute approximate surface area is 101 Å². The van der Waals surface area contributed by atoms with E-state index in [2.05, 4.69) is 4.90 Å². The maximum atomic E-state index is 13.6. The van der Waals surface area contributed by atoms with Crippen LogP contribution in [-0.4, -0.2) is 29.1 Å². The molecule has 3 rings (SSSR count). The zero-order valence-electron chi connectivity index (χ0n) is 10.1. The average Bonchev–Trinajstić information content (AvgIpc) is 2.88. The van der Waals surface area contributed by atoms with Crippen LogP contribution in [0.1, 0.15) is 30.4 Å². The van der Waals surface area contributed by atoms with E-state index in [-0.39, 0.29) is 11.9 Å². The summed E-state index contributed by atoms with van der Waals surface area (Å²) in [5.41, 5.74) is 0.541. The minimum Gasteiger partial charge on any atom is -0.383 e. The Morgan fingerprint density at radius 2 is 2.24 bits per heavy atom. The summed E-state index contributed by atoms with van der Waals surface area (Å²) in [6.07, 6.45) is 2.88. The van der Waals surface area contributed by atoms with Gasteiger partial charge in [-0.15, -0.1) is 0 Å². The quantitative estimate of drug-likeness (QED) is 0.806. The summed E-state index contributed by atoms with van der Waals surface area (Å²) in [5.74, 6) is -0.215. The fourth-order valence-electron chi connectivity index (χ4n) is 3.31. The normalized spacial score (nSPS) is 33.0. The molecule has 1 aromatic rings. The van der Waals surface area contributed by atoms with Crippen molar-refractivity contribution in [3.63, 3.8) is 0 Å². The first-order chi connectivity index (χ1) is 8.11. The van der Waals surface area contributed by atoms with Gasteiger partial charge in [0, 0.05) is 12.6 Å². The van der Waals surface area contributed by atoms with Crippen molar-refractivity contribution >= 4 is 0 Å². The van der Waals surface area contributed by atoms with E-state index >= 15 is 0 Å². The molecule has 1 aromatic carbocycles. The van der Waals surface area contributed by atoms with Crippen LogP contribution >= 0.6 is 0 Å². The van der Waals surface area contributed by atoms with Crippen molar-refractivity contribution in [2.24, 2.45) is 0 Å². The molecule has 0 saturated carbocycles. The van der Waals surface area contributed by atoms with Gasteiger partial charge in [0.15, 0.2) is 0 Å². The fourth-order valence-corrected chi connectivity index (χ4v) is 3.31. The lowest BCUT2D eigenvalue weighted by Crippen LogP contribution is -2.38. The Bertz CT molecular complexity index is 448. The van der Waals surface area contributed by atoms with Gasteiger partial charge < -0.3 is 5.11 Å². The molecule has 3 heteroatoms. The lowest BCUT2D eigenvalue weighted by atomic mass is 9.85. The van der Waals surface area contributed by atoms with Crippen LogP contribution in [0.5, 0.6) is 0 Å². The predicted octanol–water partition coefficient (Wildman–Crippen LogP) is 2.19. The molecule has 0 bridgehead atoms. The molecule has 2 saturated heterocycles. The monoisotopic (exact) mass is 235 g/mol. The molecule has 0 spiro atoms. The second kappa shape index (κ2) is 3.79. The summed E-state index contributed by atoms with van der Waals surface area (Å²) in [6.45, 7) is 3.75. The van der Waals surface area contributed by atoms with Gasteiger partial charge in [0.1, 0.15) is 11.4 Å². The van der Waals surface area contributed by atoms with Crippen molar-refractivity contribution in [2.45, 2.75) is 37.8 Å². The zero-order valence-corrected chi connectivity index (χ0v) is 10.1. The highest BCUT2D eigenvalue weighted by molar-refractivity contribution is 5.31. The van der Waals surface area contributed by atoms with Crippen LogP contribution in [0.4, 0.5) is 4.39 Å². The Hall–Kier alpha value is -0.930. The zero-order chi connectivity index (χ0) is 12.0. The van der Waals surface area contributed by atoms with E-state index in [0.717, 1.165) is 37.9 Å². The summed E-state index contributed by atoms with van der Waals surface area (Å²) in [7, 11) is 0. The highest BCUT2D eigenvalue weighted by Crippen LogP contribution is 2.43. The second-order valence-corrected chi connectivity index (χ2v) is 5.33. The minimum atomic E-state index is -0.842. The Morgan fingerprint density at radius 3 is 3.00 bits per heavy atom. The number of aliphatic hydroxyl groups is 1. The van der Waals surface area contributed by atoms with Crippen LogP contribution in [0.2, 0.25) is 0 Å². The molecular weight excluding hydrogens is 217 g/mol. The Kier molecular flexibility index (Phi) is 2.49. The summed E-state index contributed by atoms with van der Waals surface area (Å²) >= 11 is 0. The van der Waals surface area contributed by atoms with Gasteiger partial charge in [-0.25, -0.2) is 4.39 Å². The smallest absolute Gasteiger partial charge is 0.126 e. The first kappa shape index (κ1) is 11.2. The second-order valence-electron chi connectivity index (χ2n) is 5.33. The molecule has 2 heterocycles. The van der Waals surface area contributed by atoms with Gasteiger partial charge in [0.2, 0.25) is 0 Å². The maximum absolute atomic E-state index is 13.6. The number of hydrogen-bond donors (Lipinski definition) is 1. The molecule has 2 nitrogen and oxygen atoms in total. The maximum Gasteiger partial charge on any atom is 0.126 e. The predicted molar refractivity (Wildman–Crippen MR) is 64.2 cm³/mol. The highest BCUT2D eigenvalue weighted by atomic mass is 19.1. The third-order valence-corrected chi connectivity index (χ3v) is 4.37. The number of hydrogen-bond acceptors (Lipinski definition) is 2. The van der Waals surface area contributed by atoms with Gasteiger partial charge in [0.25, 0.3) is 0 Å². The third kappa shape index (κ3) is 1.60. The van der Waals surface area contributed by atoms with Gasteiger partial charge in [-0.2, -0.15) is 0 Å². The van der Waals surface area contributed by atoms with Crippen molar-refractivity contribution in [2.75, 3.05) is 13.1 Å². The summed E-state index contributed by atoms with van der Waals surface area (Å²) < 4.78 is 13.6. The lowest BCUT2D eigenvalue weighted by Gasteiger charge is -2.30. The first-order valence-electron chi connectivity index (χ1n) is 6.34. The first-order valence-corrected chi connectivity index (χ1v) is 6.34. The van der Waals surface area contributed by atoms with E-state index in [1.165, 1.54) is 6.07 Å². The Morgan fingerprint density at radius 1 is 1.41 bits per heavy atom. The highest BCUT2D eigenvalue weighted by Gasteiger charge is 2.49. The fraction of sp³-hybridized carbons (Fsp3) is 0.571. The molecule has 0 aliphatic carbocycles. The van der Waals surface area contributed by atoms with E-state index in [4.69, 9.17) is 0 Å². The molecule has 0 amide bonds. The topological polar surface area (TPSA) is 23.5 Å². The van der Waals surface area contributed by atoms with E-state index < -0.39 is 5.60 Å². The van der Waals surface area contributed by atoms with Gasteiger partial charge in [-0.1, -0.05) is 12.1 Å². The van der Waals surface area contributed by atoms with Crippen molar-refractivity contribution in [1.29, 1.82) is 0 Å². The molecule has 17 heavy (non-hydrogen) atoms. The van der Waals surface area contributed by atoms with Crippen molar-refractivity contribution < 1.29 is 9.50 Å². The number of aryl methyl sites for hydroxylation is 1. The minimum absolute atomic E-state index is 0.185. The van der Waals surface area contributed by atoms with E-state index in [0.29, 0.717) is 5.56 Å². The number of halogens is 1. The van der Waals surface area contributed by atoms with Crippen LogP contribution < -0.4 is 0 Å². The number of fused-ring (bicyclic) bond motifs is 1. The lowest BCUT2D eigenvalue weighted by molar-refractivity contribution is 0.00911. The SMILES string of the molecule is Cc1ccc(C2(O)CCN3CCCC32)cc1F. The van der Waals surface area contributed by atoms with Gasteiger partial charge in [-0.05, 0) is 49.9 Å². The average molecular weight is 235 g/mol. The standard InChI is InChI=1S/C14H18FNO/c1-10-4-5-11(9-12(10)15)14(17)6-8-16-7-2-3-13(14)16/h4-5,9,13,17H,2-3,6-8H2,1H3. The molecule has 92 valence electrons. The number of nitrogens with zero attached hydrogens (tertiary/aromatic N) is 1. The van der Waals surface area contributed by atoms with Crippen LogP contribution in [0.25, 0.3) is 0 Å². The largest absolute Gasteiger partial charge is 0.383 e. The van der Waals surface area contributed by atoms with E-state index in [1.54, 1.807) is 13.0 Å². The molecule has 2 aliphatic heterocycles. The molecular formula is C14H18FNO. The van der Waals surface area contributed by atoms with Crippen molar-refractivity contribution in [1.82, 2.24) is 4.90 Å². The molecule has 0 radical (unpaired) electrons. The summed E-state index contributed by atoms with van der Waals surface area (Å²) in [4.78, 5) is 2.33. The van der Waals surface area contributed by atoms with Gasteiger partial charge in [0.05, 0.1) is 0 Å². The number of rotatable bonds is 1. The summed E-state index contributed by atoms with van der Waals surface area (Å²) in [6, 6.07) is 5.34. The molecule has 2 unspecified atom stereocenters. The van der Waals surface area contributed by atoms with Crippen LogP contribution in [-0.2, 0) is 5.60 Å².